The van der Waals surface area contributed by atoms with Crippen molar-refractivity contribution < 1.29 is 9.90 Å². The van der Waals surface area contributed by atoms with Gasteiger partial charge in [-0.1, -0.05) is 18.6 Å². The van der Waals surface area contributed by atoms with Crippen molar-refractivity contribution in [2.24, 2.45) is 11.3 Å². The first-order valence-electron chi connectivity index (χ1n) is 6.75. The molecule has 0 saturated heterocycles. The molecule has 2 nitrogen and oxygen atoms in total. The average Bonchev–Trinajstić information content (AvgIpc) is 2.51. The summed E-state index contributed by atoms with van der Waals surface area (Å²) in [6.45, 7) is 5.95. The van der Waals surface area contributed by atoms with Crippen molar-refractivity contribution >= 4 is 5.78 Å². The maximum absolute atomic E-state index is 12.0. The second-order valence-corrected chi connectivity index (χ2v) is 6.64. The van der Waals surface area contributed by atoms with Gasteiger partial charge in [0.2, 0.25) is 0 Å². The van der Waals surface area contributed by atoms with E-state index in [1.165, 1.54) is 12.0 Å². The summed E-state index contributed by atoms with van der Waals surface area (Å²) in [4.78, 5) is 12.0. The maximum Gasteiger partial charge on any atom is 0.137 e. The lowest BCUT2D eigenvalue weighted by atomic mass is 9.70. The summed E-state index contributed by atoms with van der Waals surface area (Å²) in [5.74, 6) is 0.421. The van der Waals surface area contributed by atoms with E-state index < -0.39 is 5.60 Å². The number of allylic oxidation sites excluding steroid dienone is 2. The lowest BCUT2D eigenvalue weighted by Crippen LogP contribution is -2.35. The molecule has 0 heterocycles. The smallest absolute Gasteiger partial charge is 0.137 e. The summed E-state index contributed by atoms with van der Waals surface area (Å²) in [5.41, 5.74) is 0.850. The minimum absolute atomic E-state index is 0.119. The quantitative estimate of drug-likeness (QED) is 0.710. The fourth-order valence-corrected chi connectivity index (χ4v) is 3.30. The van der Waals surface area contributed by atoms with E-state index in [0.29, 0.717) is 18.6 Å². The van der Waals surface area contributed by atoms with Gasteiger partial charge in [-0.25, -0.2) is 0 Å². The number of aliphatic hydroxyl groups is 1. The average molecular weight is 236 g/mol. The highest BCUT2D eigenvalue weighted by atomic mass is 16.3. The molecule has 0 radical (unpaired) electrons. The van der Waals surface area contributed by atoms with Gasteiger partial charge in [-0.2, -0.15) is 0 Å². The third kappa shape index (κ3) is 2.62. The third-order valence-electron chi connectivity index (χ3n) is 4.77. The third-order valence-corrected chi connectivity index (χ3v) is 4.77. The van der Waals surface area contributed by atoms with Gasteiger partial charge < -0.3 is 5.11 Å². The summed E-state index contributed by atoms with van der Waals surface area (Å²) >= 11 is 0. The number of fused-ring (bicyclic) bond motifs is 1. The largest absolute Gasteiger partial charge is 0.390 e. The van der Waals surface area contributed by atoms with Crippen LogP contribution in [0.4, 0.5) is 0 Å². The normalized spacial score (nSPS) is 34.9. The Morgan fingerprint density at radius 3 is 2.76 bits per heavy atom. The van der Waals surface area contributed by atoms with Crippen LogP contribution in [0, 0.1) is 11.3 Å². The van der Waals surface area contributed by atoms with Gasteiger partial charge in [0, 0.05) is 12.8 Å². The molecule has 0 amide bonds. The molecule has 2 atom stereocenters. The van der Waals surface area contributed by atoms with Crippen LogP contribution >= 0.6 is 0 Å². The Morgan fingerprint density at radius 2 is 2.12 bits per heavy atom. The van der Waals surface area contributed by atoms with E-state index in [9.17, 15) is 9.90 Å². The Bertz CT molecular complexity index is 348. The number of carbonyl (C=O) groups is 1. The number of hydrogen-bond acceptors (Lipinski definition) is 2. The topological polar surface area (TPSA) is 37.3 Å². The minimum atomic E-state index is -0.730. The first-order chi connectivity index (χ1) is 7.81. The highest BCUT2D eigenvalue weighted by Crippen LogP contribution is 2.47. The second-order valence-electron chi connectivity index (χ2n) is 6.64. The molecule has 2 aliphatic rings. The van der Waals surface area contributed by atoms with Crippen molar-refractivity contribution in [2.75, 3.05) is 0 Å². The van der Waals surface area contributed by atoms with Gasteiger partial charge in [-0.05, 0) is 50.9 Å². The van der Waals surface area contributed by atoms with Crippen molar-refractivity contribution in [1.82, 2.24) is 0 Å². The molecule has 1 unspecified atom stereocenters. The minimum Gasteiger partial charge on any atom is -0.390 e. The van der Waals surface area contributed by atoms with Gasteiger partial charge in [0.25, 0.3) is 0 Å². The molecule has 1 fully saturated rings. The molecule has 2 rings (SSSR count). The molecular weight excluding hydrogens is 212 g/mol. The zero-order chi connectivity index (χ0) is 12.7. The lowest BCUT2D eigenvalue weighted by molar-refractivity contribution is -0.122. The molecule has 0 aromatic heterocycles. The molecule has 96 valence electrons. The van der Waals surface area contributed by atoms with E-state index >= 15 is 0 Å². The Hall–Kier alpha value is -0.630. The van der Waals surface area contributed by atoms with Crippen LogP contribution in [-0.4, -0.2) is 16.5 Å². The zero-order valence-corrected chi connectivity index (χ0v) is 11.3. The van der Waals surface area contributed by atoms with Crippen LogP contribution in [0.3, 0.4) is 0 Å². The first kappa shape index (κ1) is 12.8. The molecular formula is C15H24O2. The van der Waals surface area contributed by atoms with Gasteiger partial charge in [0.05, 0.1) is 5.60 Å². The first-order valence-corrected chi connectivity index (χ1v) is 6.75. The van der Waals surface area contributed by atoms with Crippen LogP contribution in [0.1, 0.15) is 59.3 Å². The summed E-state index contributed by atoms with van der Waals surface area (Å²) in [6.07, 6.45) is 7.78. The Kier molecular flexibility index (Phi) is 3.19. The number of hydrogen-bond donors (Lipinski definition) is 1. The highest BCUT2D eigenvalue weighted by Gasteiger charge is 2.39. The van der Waals surface area contributed by atoms with Crippen molar-refractivity contribution in [3.05, 3.63) is 11.6 Å². The van der Waals surface area contributed by atoms with Crippen LogP contribution in [0.25, 0.3) is 0 Å². The van der Waals surface area contributed by atoms with E-state index in [1.807, 2.05) is 13.8 Å². The Balaban J connectivity index is 2.18. The summed E-state index contributed by atoms with van der Waals surface area (Å²) in [6, 6.07) is 0. The lowest BCUT2D eigenvalue weighted by Gasteiger charge is -2.36. The van der Waals surface area contributed by atoms with E-state index in [0.717, 1.165) is 19.3 Å². The van der Waals surface area contributed by atoms with E-state index in [-0.39, 0.29) is 11.3 Å². The molecule has 0 aliphatic heterocycles. The van der Waals surface area contributed by atoms with Crippen molar-refractivity contribution in [2.45, 2.75) is 64.9 Å². The van der Waals surface area contributed by atoms with Crippen LogP contribution < -0.4 is 0 Å². The van der Waals surface area contributed by atoms with Gasteiger partial charge in [-0.15, -0.1) is 0 Å². The van der Waals surface area contributed by atoms with E-state index in [4.69, 9.17) is 0 Å². The summed E-state index contributed by atoms with van der Waals surface area (Å²) in [5, 5.41) is 10.1. The van der Waals surface area contributed by atoms with Gasteiger partial charge >= 0.3 is 0 Å². The van der Waals surface area contributed by atoms with Crippen LogP contribution in [0.2, 0.25) is 0 Å². The number of ketones is 1. The molecule has 0 bridgehead atoms. The fourth-order valence-electron chi connectivity index (χ4n) is 3.30. The SMILES string of the molecule is CC(C)(O)C1CC[C@@]2(C)CCC=C2CC(=O)C1. The molecule has 0 aromatic rings. The molecule has 17 heavy (non-hydrogen) atoms. The second kappa shape index (κ2) is 4.24. The highest BCUT2D eigenvalue weighted by molar-refractivity contribution is 5.81. The van der Waals surface area contributed by atoms with Crippen molar-refractivity contribution in [3.8, 4) is 0 Å². The summed E-state index contributed by atoms with van der Waals surface area (Å²) < 4.78 is 0. The number of carbonyl (C=O) groups excluding carboxylic acids is 1. The monoisotopic (exact) mass is 236 g/mol. The summed E-state index contributed by atoms with van der Waals surface area (Å²) in [7, 11) is 0. The van der Waals surface area contributed by atoms with Crippen molar-refractivity contribution in [3.63, 3.8) is 0 Å². The zero-order valence-electron chi connectivity index (χ0n) is 11.3. The van der Waals surface area contributed by atoms with Crippen LogP contribution in [0.15, 0.2) is 11.6 Å². The van der Waals surface area contributed by atoms with Gasteiger partial charge in [0.15, 0.2) is 0 Å². The van der Waals surface area contributed by atoms with E-state index in [1.54, 1.807) is 0 Å². The van der Waals surface area contributed by atoms with Gasteiger partial charge in [0.1, 0.15) is 5.78 Å². The predicted octanol–water partition coefficient (Wildman–Crippen LogP) is 3.24. The molecule has 1 saturated carbocycles. The van der Waals surface area contributed by atoms with Gasteiger partial charge in [-0.3, -0.25) is 4.79 Å². The molecule has 0 aromatic carbocycles. The van der Waals surface area contributed by atoms with Crippen molar-refractivity contribution in [1.29, 1.82) is 0 Å². The Labute approximate surface area is 104 Å². The fraction of sp³-hybridized carbons (Fsp3) is 0.800. The number of Topliss-reactive ketones (excluding diaryl/α,β-unsaturated/α-hetero) is 1. The molecule has 2 heteroatoms. The molecule has 1 N–H and O–H groups in total. The number of rotatable bonds is 1. The molecule has 0 spiro atoms. The Morgan fingerprint density at radius 1 is 1.41 bits per heavy atom. The standard InChI is InChI=1S/C15H24O2/c1-14(2,17)11-6-8-15(3)7-4-5-12(15)10-13(16)9-11/h5,11,17H,4,6-10H2,1-3H3/t11?,15-/m1/s1. The molecule has 2 aliphatic carbocycles. The van der Waals surface area contributed by atoms with E-state index in [2.05, 4.69) is 13.0 Å². The van der Waals surface area contributed by atoms with Crippen LogP contribution in [0.5, 0.6) is 0 Å². The maximum atomic E-state index is 12.0. The van der Waals surface area contributed by atoms with Crippen LogP contribution in [-0.2, 0) is 4.79 Å². The predicted molar refractivity (Wildman–Crippen MR) is 68.7 cm³/mol.